The van der Waals surface area contributed by atoms with E-state index >= 15 is 0 Å². The molecule has 1 fully saturated rings. The van der Waals surface area contributed by atoms with Crippen LogP contribution in [0.2, 0.25) is 0 Å². The van der Waals surface area contributed by atoms with Gasteiger partial charge in [-0.3, -0.25) is 14.5 Å². The van der Waals surface area contributed by atoms with Crippen LogP contribution in [0.15, 0.2) is 48.5 Å². The van der Waals surface area contributed by atoms with Gasteiger partial charge in [0, 0.05) is 58.9 Å². The zero-order chi connectivity index (χ0) is 22.2. The third kappa shape index (κ3) is 7.08. The Labute approximate surface area is 184 Å². The molecule has 0 spiro atoms. The Morgan fingerprint density at radius 3 is 2.45 bits per heavy atom. The van der Waals surface area contributed by atoms with Crippen LogP contribution in [0, 0.1) is 0 Å². The predicted octanol–water partition coefficient (Wildman–Crippen LogP) is 1.83. The molecule has 31 heavy (non-hydrogen) atoms. The van der Waals surface area contributed by atoms with E-state index in [9.17, 15) is 9.59 Å². The Bertz CT molecular complexity index is 892. The fourth-order valence-corrected chi connectivity index (χ4v) is 3.39. The zero-order valence-corrected chi connectivity index (χ0v) is 18.6. The second-order valence-electron chi connectivity index (χ2n) is 8.19. The maximum absolute atomic E-state index is 12.6. The van der Waals surface area contributed by atoms with E-state index in [4.69, 9.17) is 4.74 Å². The van der Waals surface area contributed by atoms with E-state index in [-0.39, 0.29) is 18.4 Å². The summed E-state index contributed by atoms with van der Waals surface area (Å²) in [7, 11) is 5.51. The molecule has 3 rings (SSSR count). The summed E-state index contributed by atoms with van der Waals surface area (Å²) in [5, 5.41) is 2.97. The van der Waals surface area contributed by atoms with E-state index in [2.05, 4.69) is 34.3 Å². The molecule has 0 bridgehead atoms. The van der Waals surface area contributed by atoms with Crippen molar-refractivity contribution in [2.45, 2.75) is 13.1 Å². The summed E-state index contributed by atoms with van der Waals surface area (Å²) in [4.78, 5) is 30.6. The lowest BCUT2D eigenvalue weighted by Gasteiger charge is -2.32. The van der Waals surface area contributed by atoms with E-state index in [1.807, 2.05) is 12.1 Å². The highest BCUT2D eigenvalue weighted by molar-refractivity contribution is 5.94. The van der Waals surface area contributed by atoms with Crippen molar-refractivity contribution in [3.63, 3.8) is 0 Å². The lowest BCUT2D eigenvalue weighted by Crippen LogP contribution is -2.43. The van der Waals surface area contributed by atoms with Crippen molar-refractivity contribution in [1.29, 1.82) is 0 Å². The first kappa shape index (κ1) is 22.8. The number of carbonyl (C=O) groups is 2. The standard InChI is InChI=1S/C24H32N4O3/c1-26(2)23(29)18-31-22-9-5-8-21(15-22)24(30)25-16-19-6-4-7-20(14-19)17-28-12-10-27(3)11-13-28/h4-9,14-15H,10-13,16-18H2,1-3H3,(H,25,30). The largest absolute Gasteiger partial charge is 0.484 e. The molecule has 2 aromatic rings. The van der Waals surface area contributed by atoms with Crippen molar-refractivity contribution in [3.8, 4) is 5.75 Å². The van der Waals surface area contributed by atoms with Crippen molar-refractivity contribution in [3.05, 3.63) is 65.2 Å². The van der Waals surface area contributed by atoms with Gasteiger partial charge in [-0.05, 0) is 36.4 Å². The van der Waals surface area contributed by atoms with Gasteiger partial charge in [0.2, 0.25) is 0 Å². The Kier molecular flexibility index (Phi) is 8.03. The second-order valence-corrected chi connectivity index (χ2v) is 8.19. The molecule has 1 heterocycles. The van der Waals surface area contributed by atoms with Gasteiger partial charge in [0.05, 0.1) is 0 Å². The van der Waals surface area contributed by atoms with Crippen LogP contribution < -0.4 is 10.1 Å². The molecule has 1 saturated heterocycles. The first-order valence-electron chi connectivity index (χ1n) is 10.6. The number of likely N-dealkylation sites (N-methyl/N-ethyl adjacent to an activating group) is 2. The van der Waals surface area contributed by atoms with Gasteiger partial charge in [-0.1, -0.05) is 30.3 Å². The van der Waals surface area contributed by atoms with Crippen LogP contribution in [0.4, 0.5) is 0 Å². The minimum absolute atomic E-state index is 0.0574. The smallest absolute Gasteiger partial charge is 0.259 e. The average molecular weight is 425 g/mol. The number of piperazine rings is 1. The number of ether oxygens (including phenoxy) is 1. The van der Waals surface area contributed by atoms with Gasteiger partial charge in [0.1, 0.15) is 5.75 Å². The van der Waals surface area contributed by atoms with Gasteiger partial charge >= 0.3 is 0 Å². The lowest BCUT2D eigenvalue weighted by atomic mass is 10.1. The first-order chi connectivity index (χ1) is 14.9. The van der Waals surface area contributed by atoms with Gasteiger partial charge in [-0.25, -0.2) is 0 Å². The summed E-state index contributed by atoms with van der Waals surface area (Å²) in [6.07, 6.45) is 0. The van der Waals surface area contributed by atoms with E-state index in [1.54, 1.807) is 38.4 Å². The highest BCUT2D eigenvalue weighted by atomic mass is 16.5. The summed E-state index contributed by atoms with van der Waals surface area (Å²) < 4.78 is 5.50. The number of nitrogens with one attached hydrogen (secondary N) is 1. The third-order valence-electron chi connectivity index (χ3n) is 5.40. The zero-order valence-electron chi connectivity index (χ0n) is 18.6. The van der Waals surface area contributed by atoms with Crippen LogP contribution in [0.5, 0.6) is 5.75 Å². The topological polar surface area (TPSA) is 65.1 Å². The molecule has 166 valence electrons. The number of amides is 2. The molecule has 1 N–H and O–H groups in total. The molecule has 7 nitrogen and oxygen atoms in total. The molecule has 2 amide bonds. The minimum atomic E-state index is -0.172. The fourth-order valence-electron chi connectivity index (χ4n) is 3.39. The first-order valence-corrected chi connectivity index (χ1v) is 10.6. The van der Waals surface area contributed by atoms with Crippen molar-refractivity contribution in [2.24, 2.45) is 0 Å². The molecular formula is C24H32N4O3. The predicted molar refractivity (Wildman–Crippen MR) is 121 cm³/mol. The molecule has 0 atom stereocenters. The normalized spacial score (nSPS) is 14.8. The van der Waals surface area contributed by atoms with Crippen molar-refractivity contribution in [1.82, 2.24) is 20.0 Å². The second kappa shape index (κ2) is 10.9. The molecule has 0 aliphatic carbocycles. The molecule has 0 aromatic heterocycles. The minimum Gasteiger partial charge on any atom is -0.484 e. The highest BCUT2D eigenvalue weighted by Crippen LogP contribution is 2.14. The summed E-state index contributed by atoms with van der Waals surface area (Å²) in [6, 6.07) is 15.2. The number of benzene rings is 2. The fraction of sp³-hybridized carbons (Fsp3) is 0.417. The highest BCUT2D eigenvalue weighted by Gasteiger charge is 2.14. The Morgan fingerprint density at radius 2 is 1.71 bits per heavy atom. The maximum Gasteiger partial charge on any atom is 0.259 e. The third-order valence-corrected chi connectivity index (χ3v) is 5.40. The van der Waals surface area contributed by atoms with Crippen LogP contribution in [0.1, 0.15) is 21.5 Å². The average Bonchev–Trinajstić information content (AvgIpc) is 2.77. The number of rotatable bonds is 8. The maximum atomic E-state index is 12.6. The molecule has 1 aliphatic rings. The van der Waals surface area contributed by atoms with Crippen molar-refractivity contribution >= 4 is 11.8 Å². The Hall–Kier alpha value is -2.90. The van der Waals surface area contributed by atoms with E-state index in [0.717, 1.165) is 38.3 Å². The van der Waals surface area contributed by atoms with E-state index in [0.29, 0.717) is 17.9 Å². The molecule has 0 radical (unpaired) electrons. The van der Waals surface area contributed by atoms with Crippen LogP contribution in [-0.2, 0) is 17.9 Å². The molecule has 0 unspecified atom stereocenters. The van der Waals surface area contributed by atoms with Crippen molar-refractivity contribution in [2.75, 3.05) is 53.9 Å². The summed E-state index contributed by atoms with van der Waals surface area (Å²) in [5.74, 6) is 0.192. The lowest BCUT2D eigenvalue weighted by molar-refractivity contribution is -0.130. The molecule has 7 heteroatoms. The van der Waals surface area contributed by atoms with Gasteiger partial charge in [0.25, 0.3) is 11.8 Å². The SMILES string of the molecule is CN1CCN(Cc2cccc(CNC(=O)c3cccc(OCC(=O)N(C)C)c3)c2)CC1. The summed E-state index contributed by atoms with van der Waals surface area (Å²) >= 11 is 0. The van der Waals surface area contributed by atoms with E-state index < -0.39 is 0 Å². The van der Waals surface area contributed by atoms with Gasteiger partial charge < -0.3 is 19.9 Å². The van der Waals surface area contributed by atoms with Crippen LogP contribution >= 0.6 is 0 Å². The molecular weight excluding hydrogens is 392 g/mol. The molecule has 0 saturated carbocycles. The molecule has 1 aliphatic heterocycles. The van der Waals surface area contributed by atoms with Gasteiger partial charge in [0.15, 0.2) is 6.61 Å². The summed E-state index contributed by atoms with van der Waals surface area (Å²) in [6.45, 7) is 5.69. The monoisotopic (exact) mass is 424 g/mol. The van der Waals surface area contributed by atoms with E-state index in [1.165, 1.54) is 10.5 Å². The van der Waals surface area contributed by atoms with Crippen molar-refractivity contribution < 1.29 is 14.3 Å². The van der Waals surface area contributed by atoms with Crippen LogP contribution in [0.3, 0.4) is 0 Å². The van der Waals surface area contributed by atoms with Gasteiger partial charge in [-0.2, -0.15) is 0 Å². The molecule has 2 aromatic carbocycles. The Morgan fingerprint density at radius 1 is 1.00 bits per heavy atom. The summed E-state index contributed by atoms with van der Waals surface area (Å²) in [5.41, 5.74) is 2.84. The number of nitrogens with zero attached hydrogens (tertiary/aromatic N) is 3. The van der Waals surface area contributed by atoms with Crippen LogP contribution in [0.25, 0.3) is 0 Å². The quantitative estimate of drug-likeness (QED) is 0.701. The van der Waals surface area contributed by atoms with Gasteiger partial charge in [-0.15, -0.1) is 0 Å². The number of hydrogen-bond acceptors (Lipinski definition) is 5. The Balaban J connectivity index is 1.52. The number of carbonyl (C=O) groups excluding carboxylic acids is 2. The van der Waals surface area contributed by atoms with Crippen LogP contribution in [-0.4, -0.2) is 80.4 Å². The number of hydrogen-bond donors (Lipinski definition) is 1.